The SMILES string of the molecule is CC(C)(C)S(=O)N1CCC[C@@H]1c1noc2ccccc12. The molecule has 2 atom stereocenters. The van der Waals surface area contributed by atoms with Gasteiger partial charge in [0.1, 0.15) is 16.7 Å². The van der Waals surface area contributed by atoms with Gasteiger partial charge in [0.2, 0.25) is 0 Å². The zero-order chi connectivity index (χ0) is 14.3. The summed E-state index contributed by atoms with van der Waals surface area (Å²) in [6.07, 6.45) is 2.03. The minimum Gasteiger partial charge on any atom is -0.356 e. The van der Waals surface area contributed by atoms with Crippen LogP contribution in [0, 0.1) is 0 Å². The Kier molecular flexibility index (Phi) is 3.42. The minimum atomic E-state index is -1.02. The van der Waals surface area contributed by atoms with Crippen molar-refractivity contribution >= 4 is 22.0 Å². The molecule has 0 spiro atoms. The fourth-order valence-corrected chi connectivity index (χ4v) is 4.14. The fraction of sp³-hybridized carbons (Fsp3) is 0.533. The fourth-order valence-electron chi connectivity index (χ4n) is 2.71. The van der Waals surface area contributed by atoms with Crippen molar-refractivity contribution in [2.24, 2.45) is 0 Å². The third-order valence-electron chi connectivity index (χ3n) is 3.66. The topological polar surface area (TPSA) is 46.3 Å². The van der Waals surface area contributed by atoms with E-state index >= 15 is 0 Å². The molecular weight excluding hydrogens is 272 g/mol. The summed E-state index contributed by atoms with van der Waals surface area (Å²) in [5, 5.41) is 5.28. The van der Waals surface area contributed by atoms with Crippen LogP contribution in [-0.2, 0) is 11.0 Å². The van der Waals surface area contributed by atoms with E-state index in [0.29, 0.717) is 0 Å². The summed E-state index contributed by atoms with van der Waals surface area (Å²) in [5.41, 5.74) is 1.73. The molecular formula is C15H20N2O2S. The number of rotatable bonds is 2. The monoisotopic (exact) mass is 292 g/mol. The lowest BCUT2D eigenvalue weighted by Crippen LogP contribution is -2.37. The van der Waals surface area contributed by atoms with Gasteiger partial charge >= 0.3 is 0 Å². The normalized spacial score (nSPS) is 22.4. The Labute approximate surface area is 121 Å². The lowest BCUT2D eigenvalue weighted by molar-refractivity contribution is 0.377. The summed E-state index contributed by atoms with van der Waals surface area (Å²) in [7, 11) is -1.02. The summed E-state index contributed by atoms with van der Waals surface area (Å²) in [5.74, 6) is 0. The number of para-hydroxylation sites is 1. The molecule has 0 radical (unpaired) electrons. The van der Waals surface area contributed by atoms with Crippen molar-refractivity contribution in [3.63, 3.8) is 0 Å². The Morgan fingerprint density at radius 3 is 2.85 bits per heavy atom. The second-order valence-electron chi connectivity index (χ2n) is 6.22. The number of hydrogen-bond donors (Lipinski definition) is 0. The molecule has 2 heterocycles. The van der Waals surface area contributed by atoms with E-state index in [2.05, 4.69) is 9.46 Å². The quantitative estimate of drug-likeness (QED) is 0.852. The van der Waals surface area contributed by atoms with Crippen molar-refractivity contribution in [1.29, 1.82) is 0 Å². The van der Waals surface area contributed by atoms with Crippen LogP contribution in [0.3, 0.4) is 0 Å². The molecule has 4 nitrogen and oxygen atoms in total. The average molecular weight is 292 g/mol. The van der Waals surface area contributed by atoms with Crippen LogP contribution in [0.15, 0.2) is 28.8 Å². The van der Waals surface area contributed by atoms with Crippen LogP contribution in [-0.4, -0.2) is 25.0 Å². The Morgan fingerprint density at radius 1 is 1.35 bits per heavy atom. The van der Waals surface area contributed by atoms with Crippen LogP contribution in [0.5, 0.6) is 0 Å². The molecule has 1 fully saturated rings. The van der Waals surface area contributed by atoms with Crippen LogP contribution in [0.25, 0.3) is 11.0 Å². The van der Waals surface area contributed by atoms with Crippen molar-refractivity contribution in [3.8, 4) is 0 Å². The molecule has 1 aromatic carbocycles. The van der Waals surface area contributed by atoms with Gasteiger partial charge in [-0.25, -0.2) is 8.51 Å². The molecule has 3 rings (SSSR count). The van der Waals surface area contributed by atoms with E-state index in [1.807, 2.05) is 45.0 Å². The maximum absolute atomic E-state index is 12.7. The van der Waals surface area contributed by atoms with Crippen molar-refractivity contribution in [3.05, 3.63) is 30.0 Å². The standard InChI is InChI=1S/C15H20N2O2S/c1-15(2,3)20(18)17-10-6-8-12(17)14-11-7-4-5-9-13(11)19-16-14/h4-5,7,9,12H,6,8,10H2,1-3H3/t12-,20?/m1/s1. The van der Waals surface area contributed by atoms with Gasteiger partial charge in [0, 0.05) is 11.9 Å². The van der Waals surface area contributed by atoms with E-state index in [9.17, 15) is 4.21 Å². The van der Waals surface area contributed by atoms with Crippen LogP contribution in [0.4, 0.5) is 0 Å². The molecule has 1 aliphatic heterocycles. The van der Waals surface area contributed by atoms with Crippen molar-refractivity contribution < 1.29 is 8.73 Å². The largest absolute Gasteiger partial charge is 0.356 e. The Balaban J connectivity index is 1.99. The first-order valence-corrected chi connectivity index (χ1v) is 8.12. The van der Waals surface area contributed by atoms with Gasteiger partial charge in [-0.15, -0.1) is 0 Å². The third-order valence-corrected chi connectivity index (χ3v) is 5.57. The van der Waals surface area contributed by atoms with Gasteiger partial charge in [0.05, 0.1) is 10.8 Å². The van der Waals surface area contributed by atoms with Gasteiger partial charge in [-0.3, -0.25) is 0 Å². The number of benzene rings is 1. The molecule has 0 saturated carbocycles. The van der Waals surface area contributed by atoms with E-state index in [1.165, 1.54) is 0 Å². The maximum atomic E-state index is 12.7. The summed E-state index contributed by atoms with van der Waals surface area (Å²) in [4.78, 5) is 0. The molecule has 20 heavy (non-hydrogen) atoms. The summed E-state index contributed by atoms with van der Waals surface area (Å²) in [6.45, 7) is 6.90. The molecule has 1 aromatic heterocycles. The second-order valence-corrected chi connectivity index (χ2v) is 8.42. The molecule has 0 bridgehead atoms. The average Bonchev–Trinajstić information content (AvgIpc) is 3.02. The predicted octanol–water partition coefficient (Wildman–Crippen LogP) is 3.43. The van der Waals surface area contributed by atoms with Crippen molar-refractivity contribution in [2.45, 2.75) is 44.4 Å². The van der Waals surface area contributed by atoms with Gasteiger partial charge in [-0.2, -0.15) is 0 Å². The molecule has 0 amide bonds. The van der Waals surface area contributed by atoms with Gasteiger partial charge in [-0.05, 0) is 45.7 Å². The zero-order valence-electron chi connectivity index (χ0n) is 12.1. The first kappa shape index (κ1) is 13.8. The third kappa shape index (κ3) is 2.29. The highest BCUT2D eigenvalue weighted by Gasteiger charge is 2.37. The van der Waals surface area contributed by atoms with E-state index in [-0.39, 0.29) is 10.8 Å². The summed E-state index contributed by atoms with van der Waals surface area (Å²) < 4.78 is 19.9. The van der Waals surface area contributed by atoms with E-state index in [4.69, 9.17) is 4.52 Å². The molecule has 2 aromatic rings. The zero-order valence-corrected chi connectivity index (χ0v) is 12.9. The van der Waals surface area contributed by atoms with Gasteiger partial charge in [-0.1, -0.05) is 17.3 Å². The van der Waals surface area contributed by atoms with E-state index in [0.717, 1.165) is 36.0 Å². The van der Waals surface area contributed by atoms with Crippen LogP contribution < -0.4 is 0 Å². The van der Waals surface area contributed by atoms with Gasteiger partial charge < -0.3 is 4.52 Å². The van der Waals surface area contributed by atoms with E-state index < -0.39 is 11.0 Å². The number of aromatic nitrogens is 1. The highest BCUT2D eigenvalue weighted by molar-refractivity contribution is 7.84. The lowest BCUT2D eigenvalue weighted by atomic mass is 10.1. The number of nitrogens with zero attached hydrogens (tertiary/aromatic N) is 2. The summed E-state index contributed by atoms with van der Waals surface area (Å²) >= 11 is 0. The highest BCUT2D eigenvalue weighted by Crippen LogP contribution is 2.38. The molecule has 0 aliphatic carbocycles. The molecule has 0 N–H and O–H groups in total. The first-order valence-electron chi connectivity index (χ1n) is 7.01. The smallest absolute Gasteiger partial charge is 0.167 e. The molecule has 1 saturated heterocycles. The van der Waals surface area contributed by atoms with Gasteiger partial charge in [0.15, 0.2) is 5.58 Å². The van der Waals surface area contributed by atoms with Crippen molar-refractivity contribution in [2.75, 3.05) is 6.54 Å². The highest BCUT2D eigenvalue weighted by atomic mass is 32.2. The Morgan fingerprint density at radius 2 is 2.10 bits per heavy atom. The van der Waals surface area contributed by atoms with Crippen LogP contribution in [0.2, 0.25) is 0 Å². The summed E-state index contributed by atoms with van der Waals surface area (Å²) in [6, 6.07) is 7.97. The first-order chi connectivity index (χ1) is 9.48. The molecule has 5 heteroatoms. The van der Waals surface area contributed by atoms with Crippen LogP contribution >= 0.6 is 0 Å². The molecule has 1 aliphatic rings. The Bertz CT molecular complexity index is 645. The number of fused-ring (bicyclic) bond motifs is 1. The second kappa shape index (κ2) is 4.97. The van der Waals surface area contributed by atoms with Gasteiger partial charge in [0.25, 0.3) is 0 Å². The Hall–Kier alpha value is -1.20. The molecule has 1 unspecified atom stereocenters. The van der Waals surface area contributed by atoms with Crippen LogP contribution in [0.1, 0.15) is 45.3 Å². The number of hydrogen-bond acceptors (Lipinski definition) is 3. The van der Waals surface area contributed by atoms with E-state index in [1.54, 1.807) is 0 Å². The lowest BCUT2D eigenvalue weighted by Gasteiger charge is -2.29. The minimum absolute atomic E-state index is 0.0960. The van der Waals surface area contributed by atoms with Crippen molar-refractivity contribution in [1.82, 2.24) is 9.46 Å². The molecule has 108 valence electrons. The maximum Gasteiger partial charge on any atom is 0.167 e. The predicted molar refractivity (Wildman–Crippen MR) is 80.6 cm³/mol.